The van der Waals surface area contributed by atoms with Crippen LogP contribution in [0.4, 0.5) is 15.8 Å². The molecule has 1 aliphatic rings. The number of rotatable bonds is 1. The normalized spacial score (nSPS) is 12.0. The van der Waals surface area contributed by atoms with E-state index in [1.807, 2.05) is 24.3 Å². The van der Waals surface area contributed by atoms with Gasteiger partial charge in [0, 0.05) is 6.20 Å². The largest absolute Gasteiger partial charge is 0.477 e. The van der Waals surface area contributed by atoms with Crippen molar-refractivity contribution in [2.45, 2.75) is 0 Å². The zero-order valence-corrected chi connectivity index (χ0v) is 14.2. The van der Waals surface area contributed by atoms with Crippen molar-refractivity contribution >= 4 is 39.0 Å². The van der Waals surface area contributed by atoms with E-state index >= 15 is 0 Å². The van der Waals surface area contributed by atoms with Gasteiger partial charge in [0.25, 0.3) is 0 Å². The van der Waals surface area contributed by atoms with Crippen molar-refractivity contribution < 1.29 is 19.0 Å². The van der Waals surface area contributed by atoms with Gasteiger partial charge in [0.1, 0.15) is 16.8 Å². The highest BCUT2D eigenvalue weighted by Gasteiger charge is 2.30. The van der Waals surface area contributed by atoms with Crippen LogP contribution in [-0.2, 0) is 0 Å². The van der Waals surface area contributed by atoms with Crippen molar-refractivity contribution in [2.75, 3.05) is 11.5 Å². The quantitative estimate of drug-likeness (QED) is 0.386. The summed E-state index contributed by atoms with van der Waals surface area (Å²) in [5.74, 6) is -2.18. The maximum Gasteiger partial charge on any atom is 0.341 e. The minimum atomic E-state index is -1.44. The molecule has 1 aliphatic heterocycles. The van der Waals surface area contributed by atoms with Crippen LogP contribution in [0.2, 0.25) is 0 Å². The predicted octanol–water partition coefficient (Wildman–Crippen LogP) is 3.25. The van der Waals surface area contributed by atoms with Crippen LogP contribution in [0.5, 0.6) is 11.5 Å². The van der Waals surface area contributed by atoms with Gasteiger partial charge in [0.05, 0.1) is 16.8 Å². The fourth-order valence-corrected chi connectivity index (χ4v) is 3.60. The molecule has 7 nitrogen and oxygen atoms in total. The molecule has 0 fully saturated rings. The van der Waals surface area contributed by atoms with Gasteiger partial charge in [-0.25, -0.2) is 9.18 Å². The molecule has 0 bridgehead atoms. The Kier molecular flexibility index (Phi) is 3.01. The number of pyridine rings is 1. The highest BCUT2D eigenvalue weighted by molar-refractivity contribution is 6.05. The Bertz CT molecular complexity index is 1430. The molecule has 0 atom stereocenters. The maximum atomic E-state index is 14.6. The molecule has 28 heavy (non-hydrogen) atoms. The number of ether oxygens (including phenoxy) is 1. The smallest absolute Gasteiger partial charge is 0.341 e. The lowest BCUT2D eigenvalue weighted by molar-refractivity contribution is 0.0695. The van der Waals surface area contributed by atoms with E-state index < -0.39 is 28.5 Å². The number of fused-ring (bicyclic) bond motifs is 3. The highest BCUT2D eigenvalue weighted by atomic mass is 19.1. The third-order valence-electron chi connectivity index (χ3n) is 4.94. The first-order valence-electron chi connectivity index (χ1n) is 8.28. The first kappa shape index (κ1) is 16.1. The van der Waals surface area contributed by atoms with Crippen molar-refractivity contribution in [1.82, 2.24) is 4.57 Å². The molecule has 138 valence electrons. The number of nitrogen functional groups attached to an aromatic ring is 2. The minimum absolute atomic E-state index is 0.0708. The van der Waals surface area contributed by atoms with Gasteiger partial charge in [0.2, 0.25) is 5.43 Å². The number of nitrogens with zero attached hydrogens (tertiary/aromatic N) is 1. The molecule has 0 radical (unpaired) electrons. The fraction of sp³-hybridized carbons (Fsp3) is 0. The molecule has 0 saturated heterocycles. The van der Waals surface area contributed by atoms with E-state index in [9.17, 15) is 19.1 Å². The molecule has 5 rings (SSSR count). The van der Waals surface area contributed by atoms with Gasteiger partial charge in [-0.1, -0.05) is 24.3 Å². The second kappa shape index (κ2) is 5.23. The van der Waals surface area contributed by atoms with Crippen LogP contribution in [0, 0.1) is 5.82 Å². The van der Waals surface area contributed by atoms with Crippen molar-refractivity contribution in [1.29, 1.82) is 0 Å². The molecule has 4 aromatic rings. The zero-order chi connectivity index (χ0) is 19.7. The number of carboxylic acid groups (broad SMARTS) is 1. The summed E-state index contributed by atoms with van der Waals surface area (Å²) in [6, 6.07) is 11.0. The third-order valence-corrected chi connectivity index (χ3v) is 4.94. The monoisotopic (exact) mass is 377 g/mol. The number of benzene rings is 3. The van der Waals surface area contributed by atoms with Crippen molar-refractivity contribution in [3.63, 3.8) is 0 Å². The number of hydrogen-bond donors (Lipinski definition) is 3. The Morgan fingerprint density at radius 1 is 1.11 bits per heavy atom. The number of hydrogen-bond acceptors (Lipinski definition) is 5. The molecule has 2 heterocycles. The van der Waals surface area contributed by atoms with E-state index in [1.54, 1.807) is 12.1 Å². The molecule has 8 heteroatoms. The summed E-state index contributed by atoms with van der Waals surface area (Å²) in [6.07, 6.45) is 1.18. The molecule has 3 aromatic carbocycles. The van der Waals surface area contributed by atoms with Crippen LogP contribution in [0.15, 0.2) is 47.4 Å². The molecule has 0 unspecified atom stereocenters. The van der Waals surface area contributed by atoms with Crippen LogP contribution >= 0.6 is 0 Å². The molecular weight excluding hydrogens is 365 g/mol. The lowest BCUT2D eigenvalue weighted by Gasteiger charge is -2.26. The number of halogens is 1. The number of aromatic nitrogens is 1. The Morgan fingerprint density at radius 3 is 2.46 bits per heavy atom. The molecule has 5 N–H and O–H groups in total. The van der Waals surface area contributed by atoms with Crippen molar-refractivity contribution in [2.24, 2.45) is 0 Å². The number of anilines is 2. The second-order valence-corrected chi connectivity index (χ2v) is 6.51. The molecule has 1 aromatic heterocycles. The van der Waals surface area contributed by atoms with Crippen LogP contribution in [0.25, 0.3) is 27.4 Å². The number of nitrogens with two attached hydrogens (primary N) is 2. The topological polar surface area (TPSA) is 121 Å². The minimum Gasteiger partial charge on any atom is -0.477 e. The molecule has 0 saturated carbocycles. The summed E-state index contributed by atoms with van der Waals surface area (Å²) in [7, 11) is 0. The summed E-state index contributed by atoms with van der Waals surface area (Å²) >= 11 is 0. The lowest BCUT2D eigenvalue weighted by Crippen LogP contribution is -2.22. The van der Waals surface area contributed by atoms with Gasteiger partial charge in [-0.3, -0.25) is 4.79 Å². The van der Waals surface area contributed by atoms with Crippen LogP contribution < -0.4 is 21.6 Å². The predicted molar refractivity (Wildman–Crippen MR) is 103 cm³/mol. The summed E-state index contributed by atoms with van der Waals surface area (Å²) in [5.41, 5.74) is 10.0. The van der Waals surface area contributed by atoms with Crippen LogP contribution in [-0.4, -0.2) is 15.6 Å². The maximum absolute atomic E-state index is 14.6. The summed E-state index contributed by atoms with van der Waals surface area (Å²) in [6.45, 7) is 0. The molecule has 0 amide bonds. The van der Waals surface area contributed by atoms with E-state index in [4.69, 9.17) is 16.2 Å². The number of carboxylic acids is 1. The fourth-order valence-electron chi connectivity index (χ4n) is 3.60. The number of carbonyl (C=O) groups is 1. The average molecular weight is 377 g/mol. The lowest BCUT2D eigenvalue weighted by atomic mass is 10.0. The first-order valence-corrected chi connectivity index (χ1v) is 8.28. The number of aromatic carboxylic acids is 1. The third kappa shape index (κ3) is 1.91. The summed E-state index contributed by atoms with van der Waals surface area (Å²) in [4.78, 5) is 24.3. The SMILES string of the molecule is Nc1c(F)c(N)c2c(=O)c(C(=O)O)cn3c2c1Oc1cc2ccccc2cc1-3. The van der Waals surface area contributed by atoms with Crippen molar-refractivity contribution in [3.8, 4) is 17.2 Å². The Labute approximate surface area is 156 Å². The van der Waals surface area contributed by atoms with Crippen molar-refractivity contribution in [3.05, 3.63) is 64.2 Å². The summed E-state index contributed by atoms with van der Waals surface area (Å²) < 4.78 is 21.9. The van der Waals surface area contributed by atoms with E-state index in [2.05, 4.69) is 0 Å². The zero-order valence-electron chi connectivity index (χ0n) is 14.2. The Morgan fingerprint density at radius 2 is 1.79 bits per heavy atom. The van der Waals surface area contributed by atoms with E-state index in [0.717, 1.165) is 10.8 Å². The first-order chi connectivity index (χ1) is 13.4. The van der Waals surface area contributed by atoms with Gasteiger partial charge in [-0.05, 0) is 22.9 Å². The van der Waals surface area contributed by atoms with E-state index in [0.29, 0.717) is 11.4 Å². The van der Waals surface area contributed by atoms with Gasteiger partial charge in [0.15, 0.2) is 17.3 Å². The average Bonchev–Trinajstić information content (AvgIpc) is 2.68. The second-order valence-electron chi connectivity index (χ2n) is 6.51. The van der Waals surface area contributed by atoms with E-state index in [1.165, 1.54) is 10.8 Å². The van der Waals surface area contributed by atoms with Crippen LogP contribution in [0.1, 0.15) is 10.4 Å². The van der Waals surface area contributed by atoms with Gasteiger partial charge in [-0.15, -0.1) is 0 Å². The van der Waals surface area contributed by atoms with Gasteiger partial charge >= 0.3 is 5.97 Å². The molecule has 0 spiro atoms. The van der Waals surface area contributed by atoms with Crippen LogP contribution in [0.3, 0.4) is 0 Å². The molecular formula is C20H12FN3O4. The van der Waals surface area contributed by atoms with E-state index in [-0.39, 0.29) is 22.3 Å². The standard InChI is InChI=1S/C20H12FN3O4/c21-14-15(22)13-17-19(16(14)23)28-12-6-9-4-2-1-3-8(9)5-11(12)24(17)7-10(18(13)25)20(26)27/h1-7H,22-23H2,(H,26,27). The van der Waals surface area contributed by atoms with Gasteiger partial charge in [-0.2, -0.15) is 0 Å². The highest BCUT2D eigenvalue weighted by Crippen LogP contribution is 2.47. The Hall–Kier alpha value is -4.07. The summed E-state index contributed by atoms with van der Waals surface area (Å²) in [5, 5.41) is 10.9. The van der Waals surface area contributed by atoms with Gasteiger partial charge < -0.3 is 25.9 Å². The molecule has 0 aliphatic carbocycles. The Balaban J connectivity index is 2.04.